The maximum absolute atomic E-state index is 10.4. The third-order valence-corrected chi connectivity index (χ3v) is 7.02. The third-order valence-electron chi connectivity index (χ3n) is 7.02. The molecule has 0 spiro atoms. The van der Waals surface area contributed by atoms with Gasteiger partial charge < -0.3 is 0 Å². The maximum atomic E-state index is 10.4. The van der Waals surface area contributed by atoms with Crippen LogP contribution in [0.2, 0.25) is 0 Å². The summed E-state index contributed by atoms with van der Waals surface area (Å²) in [6, 6.07) is 32.7. The number of nitriles is 8. The van der Waals surface area contributed by atoms with Gasteiger partial charge in [-0.05, 0) is 22.3 Å². The highest BCUT2D eigenvalue weighted by Gasteiger charge is 2.43. The predicted molar refractivity (Wildman–Crippen MR) is 150 cm³/mol. The zero-order valence-corrected chi connectivity index (χ0v) is 21.4. The number of hydrogen-bond acceptors (Lipinski definition) is 8. The molecule has 0 unspecified atom stereocenters. The summed E-state index contributed by atoms with van der Waals surface area (Å²) < 4.78 is 0. The van der Waals surface area contributed by atoms with Crippen LogP contribution in [0.3, 0.4) is 0 Å². The summed E-state index contributed by atoms with van der Waals surface area (Å²) in [5, 5.41) is 81.2. The average Bonchev–Trinajstić information content (AvgIpc) is 3.54. The van der Waals surface area contributed by atoms with E-state index in [1.54, 1.807) is 60.7 Å². The van der Waals surface area contributed by atoms with E-state index in [2.05, 4.69) is 12.1 Å². The Bertz CT molecular complexity index is 2050. The molecule has 42 heavy (non-hydrogen) atoms. The summed E-state index contributed by atoms with van der Waals surface area (Å²) in [5.74, 6) is 0. The molecule has 3 aromatic rings. The highest BCUT2D eigenvalue weighted by Crippen LogP contribution is 2.59. The van der Waals surface area contributed by atoms with Crippen molar-refractivity contribution in [2.75, 3.05) is 0 Å². The van der Waals surface area contributed by atoms with Gasteiger partial charge in [0.15, 0.2) is 0 Å². The largest absolute Gasteiger partial charge is 0.192 e. The normalized spacial score (nSPS) is 12.3. The lowest BCUT2D eigenvalue weighted by atomic mass is 9.78. The zero-order chi connectivity index (χ0) is 30.0. The first-order valence-corrected chi connectivity index (χ1v) is 12.1. The molecule has 5 rings (SSSR count). The third kappa shape index (κ3) is 3.47. The second kappa shape index (κ2) is 10.4. The molecular weight excluding hydrogens is 520 g/mol. The minimum atomic E-state index is -0.416. The molecule has 0 N–H and O–H groups in total. The Morgan fingerprint density at radius 2 is 0.667 bits per heavy atom. The fourth-order valence-corrected chi connectivity index (χ4v) is 5.51. The molecule has 0 bridgehead atoms. The van der Waals surface area contributed by atoms with Gasteiger partial charge in [-0.25, -0.2) is 0 Å². The van der Waals surface area contributed by atoms with Crippen LogP contribution in [0.4, 0.5) is 0 Å². The predicted octanol–water partition coefficient (Wildman–Crippen LogP) is 6.25. The summed E-state index contributed by atoms with van der Waals surface area (Å²) in [4.78, 5) is 0. The number of rotatable bonds is 2. The van der Waals surface area contributed by atoms with E-state index in [1.807, 2.05) is 36.4 Å². The van der Waals surface area contributed by atoms with Gasteiger partial charge in [-0.1, -0.05) is 60.7 Å². The van der Waals surface area contributed by atoms with Crippen molar-refractivity contribution in [3.8, 4) is 70.8 Å². The van der Waals surface area contributed by atoms with Crippen molar-refractivity contribution in [1.29, 1.82) is 42.1 Å². The fraction of sp³-hybridized carbons (Fsp3) is 0. The van der Waals surface area contributed by atoms with Gasteiger partial charge in [0.1, 0.15) is 59.7 Å². The van der Waals surface area contributed by atoms with Gasteiger partial charge in [0.25, 0.3) is 0 Å². The monoisotopic (exact) mass is 530 g/mol. The highest BCUT2D eigenvalue weighted by atomic mass is 14.5. The molecule has 0 aliphatic heterocycles. The van der Waals surface area contributed by atoms with Crippen molar-refractivity contribution in [3.05, 3.63) is 105 Å². The van der Waals surface area contributed by atoms with Crippen molar-refractivity contribution in [2.24, 2.45) is 0 Å². The van der Waals surface area contributed by atoms with Crippen molar-refractivity contribution in [3.63, 3.8) is 0 Å². The van der Waals surface area contributed by atoms with E-state index in [4.69, 9.17) is 0 Å². The molecule has 0 saturated carbocycles. The Morgan fingerprint density at radius 3 is 0.929 bits per heavy atom. The molecule has 0 heterocycles. The first kappa shape index (κ1) is 26.2. The van der Waals surface area contributed by atoms with Crippen molar-refractivity contribution in [1.82, 2.24) is 0 Å². The van der Waals surface area contributed by atoms with Crippen molar-refractivity contribution >= 4 is 22.3 Å². The smallest absolute Gasteiger partial charge is 0.138 e. The van der Waals surface area contributed by atoms with Crippen LogP contribution in [-0.2, 0) is 0 Å². The van der Waals surface area contributed by atoms with E-state index in [0.717, 1.165) is 0 Å². The molecule has 3 aromatic carbocycles. The topological polar surface area (TPSA) is 190 Å². The van der Waals surface area contributed by atoms with Gasteiger partial charge in [0.05, 0.1) is 22.3 Å². The van der Waals surface area contributed by atoms with Gasteiger partial charge in [0, 0.05) is 33.4 Å². The lowest BCUT2D eigenvalue weighted by molar-refractivity contribution is 1.43. The van der Waals surface area contributed by atoms with Crippen LogP contribution in [-0.4, -0.2) is 0 Å². The van der Waals surface area contributed by atoms with Crippen molar-refractivity contribution in [2.45, 2.75) is 0 Å². The summed E-state index contributed by atoms with van der Waals surface area (Å²) in [6.45, 7) is 0. The lowest BCUT2D eigenvalue weighted by Crippen LogP contribution is -2.04. The Balaban J connectivity index is 2.28. The molecule has 2 aliphatic carbocycles. The standard InChI is InChI=1S/C34H10N8/c35-11-21(12-36)27-24(16-40)26(18-42)32-30(20-9-5-2-6-10-20)34-28(22(13-37)14-38)23(15-39)25(17-41)31(34)29(33(27)32)19-7-3-1-4-8-19/h1-10H. The maximum Gasteiger partial charge on any atom is 0.138 e. The second-order valence-corrected chi connectivity index (χ2v) is 8.88. The summed E-state index contributed by atoms with van der Waals surface area (Å²) >= 11 is 0. The zero-order valence-electron chi connectivity index (χ0n) is 21.4. The summed E-state index contributed by atoms with van der Waals surface area (Å²) in [7, 11) is 0. The van der Waals surface area contributed by atoms with Gasteiger partial charge in [-0.3, -0.25) is 0 Å². The lowest BCUT2D eigenvalue weighted by Gasteiger charge is -2.22. The van der Waals surface area contributed by atoms with E-state index in [0.29, 0.717) is 11.1 Å². The fourth-order valence-electron chi connectivity index (χ4n) is 5.51. The minimum absolute atomic E-state index is 0.0677. The Morgan fingerprint density at radius 1 is 0.357 bits per heavy atom. The number of nitrogens with zero attached hydrogens (tertiary/aromatic N) is 8. The first-order valence-electron chi connectivity index (χ1n) is 12.1. The van der Waals surface area contributed by atoms with Crippen LogP contribution in [0.25, 0.3) is 44.5 Å². The van der Waals surface area contributed by atoms with E-state index in [1.165, 1.54) is 0 Å². The molecular formula is C34H10N8. The Hall–Kier alpha value is -7.46. The molecule has 0 amide bonds. The van der Waals surface area contributed by atoms with Crippen LogP contribution in [0.5, 0.6) is 0 Å². The van der Waals surface area contributed by atoms with Crippen LogP contribution >= 0.6 is 0 Å². The van der Waals surface area contributed by atoms with E-state index in [9.17, 15) is 42.1 Å². The number of hydrogen-bond donors (Lipinski definition) is 0. The highest BCUT2D eigenvalue weighted by molar-refractivity contribution is 6.23. The molecule has 0 radical (unpaired) electrons. The van der Waals surface area contributed by atoms with Gasteiger partial charge in [-0.2, -0.15) is 42.1 Å². The molecule has 0 saturated heterocycles. The van der Waals surface area contributed by atoms with Crippen molar-refractivity contribution < 1.29 is 0 Å². The number of fused-ring (bicyclic) bond motifs is 2. The minimum Gasteiger partial charge on any atom is -0.192 e. The molecule has 0 aromatic heterocycles. The first-order chi connectivity index (χ1) is 20.6. The molecule has 0 atom stereocenters. The number of benzene rings is 3. The van der Waals surface area contributed by atoms with Crippen LogP contribution < -0.4 is 0 Å². The second-order valence-electron chi connectivity index (χ2n) is 8.88. The summed E-state index contributed by atoms with van der Waals surface area (Å²) in [5.41, 5.74) is 0.744. The SMILES string of the molecule is N#CC(C#N)=C1C(C#N)=C(C#N)c2c1c(-c1ccccc1)c1c(c2-c2ccccc2)C(=C(C#N)C#N)C(C#N)=C1C#N. The molecule has 2 aliphatic rings. The van der Waals surface area contributed by atoms with E-state index >= 15 is 0 Å². The van der Waals surface area contributed by atoms with Crippen LogP contribution in [0.1, 0.15) is 22.3 Å². The Labute approximate surface area is 240 Å². The van der Waals surface area contributed by atoms with E-state index < -0.39 is 11.1 Å². The quantitative estimate of drug-likeness (QED) is 0.347. The van der Waals surface area contributed by atoms with Gasteiger partial charge in [0.2, 0.25) is 0 Å². The molecule has 0 fully saturated rings. The summed E-state index contributed by atoms with van der Waals surface area (Å²) in [6.07, 6.45) is 0. The van der Waals surface area contributed by atoms with Crippen LogP contribution in [0, 0.1) is 90.6 Å². The molecule has 8 nitrogen and oxygen atoms in total. The van der Waals surface area contributed by atoms with Gasteiger partial charge in [-0.15, -0.1) is 0 Å². The molecule has 8 heteroatoms. The molecule has 186 valence electrons. The number of allylic oxidation sites excluding steroid dienone is 8. The van der Waals surface area contributed by atoms with Crippen LogP contribution in [0.15, 0.2) is 83.0 Å². The Kier molecular flexibility index (Phi) is 6.45. The van der Waals surface area contributed by atoms with E-state index in [-0.39, 0.29) is 66.8 Å². The van der Waals surface area contributed by atoms with Gasteiger partial charge >= 0.3 is 0 Å². The average molecular weight is 531 g/mol.